The fourth-order valence-corrected chi connectivity index (χ4v) is 3.59. The van der Waals surface area contributed by atoms with E-state index in [9.17, 15) is 4.79 Å². The molecule has 2 aliphatic heterocycles. The molecule has 4 rings (SSSR count). The van der Waals surface area contributed by atoms with Crippen LogP contribution in [0.5, 0.6) is 5.88 Å². The molecule has 7 heteroatoms. The number of carbonyl (C=O) groups is 1. The number of nitrogens with one attached hydrogen (secondary N) is 1. The van der Waals surface area contributed by atoms with E-state index in [2.05, 4.69) is 20.2 Å². The summed E-state index contributed by atoms with van der Waals surface area (Å²) in [6, 6.07) is 2.20. The number of aromatic nitrogens is 2. The maximum atomic E-state index is 12.6. The summed E-state index contributed by atoms with van der Waals surface area (Å²) >= 11 is 0. The lowest BCUT2D eigenvalue weighted by atomic mass is 9.82. The number of piperidine rings is 1. The molecule has 3 heterocycles. The fraction of sp³-hybridized carbons (Fsp3) is 0.688. The van der Waals surface area contributed by atoms with Gasteiger partial charge < -0.3 is 19.7 Å². The molecular formula is C16H22N4O3. The van der Waals surface area contributed by atoms with E-state index in [1.54, 1.807) is 7.11 Å². The van der Waals surface area contributed by atoms with Gasteiger partial charge in [-0.05, 0) is 19.3 Å². The first-order valence-corrected chi connectivity index (χ1v) is 8.27. The molecule has 1 saturated carbocycles. The Hall–Kier alpha value is -1.89. The standard InChI is InChI=1S/C16H22N4O3/c1-22-15-6-14(17-9-18-15)20-7-12(16(21)19-10-2-3-10)11-4-5-23-13(11)8-20/h6,9-13H,2-5,7-8H2,1H3,(H,19,21)/t11-,12+,13+/m0/s1. The molecule has 0 aromatic carbocycles. The second-order valence-corrected chi connectivity index (χ2v) is 6.57. The number of carbonyl (C=O) groups excluding carboxylic acids is 1. The molecule has 1 N–H and O–H groups in total. The van der Waals surface area contributed by atoms with Gasteiger partial charge in [-0.15, -0.1) is 0 Å². The highest BCUT2D eigenvalue weighted by atomic mass is 16.5. The smallest absolute Gasteiger partial charge is 0.225 e. The Bertz CT molecular complexity index is 592. The van der Waals surface area contributed by atoms with Gasteiger partial charge in [0.2, 0.25) is 11.8 Å². The van der Waals surface area contributed by atoms with Gasteiger partial charge in [-0.2, -0.15) is 0 Å². The average molecular weight is 318 g/mol. The van der Waals surface area contributed by atoms with E-state index < -0.39 is 0 Å². The van der Waals surface area contributed by atoms with Crippen LogP contribution in [0.25, 0.3) is 0 Å². The van der Waals surface area contributed by atoms with Crippen molar-refractivity contribution in [3.8, 4) is 5.88 Å². The summed E-state index contributed by atoms with van der Waals surface area (Å²) in [6.07, 6.45) is 4.77. The quantitative estimate of drug-likeness (QED) is 0.876. The van der Waals surface area contributed by atoms with Crippen molar-refractivity contribution in [3.63, 3.8) is 0 Å². The number of amides is 1. The van der Waals surface area contributed by atoms with Crippen molar-refractivity contribution in [2.24, 2.45) is 11.8 Å². The third-order valence-corrected chi connectivity index (χ3v) is 5.02. The Morgan fingerprint density at radius 3 is 3.00 bits per heavy atom. The minimum Gasteiger partial charge on any atom is -0.481 e. The number of hydrogen-bond donors (Lipinski definition) is 1. The van der Waals surface area contributed by atoms with Gasteiger partial charge >= 0.3 is 0 Å². The first-order valence-electron chi connectivity index (χ1n) is 8.27. The molecule has 2 saturated heterocycles. The summed E-state index contributed by atoms with van der Waals surface area (Å²) in [5.74, 6) is 1.75. The number of nitrogens with zero attached hydrogens (tertiary/aromatic N) is 3. The number of ether oxygens (including phenoxy) is 2. The van der Waals surface area contributed by atoms with Crippen molar-refractivity contribution in [3.05, 3.63) is 12.4 Å². The molecule has 1 aliphatic carbocycles. The van der Waals surface area contributed by atoms with E-state index in [1.165, 1.54) is 6.33 Å². The molecule has 7 nitrogen and oxygen atoms in total. The fourth-order valence-electron chi connectivity index (χ4n) is 3.59. The van der Waals surface area contributed by atoms with Gasteiger partial charge in [0.1, 0.15) is 12.1 Å². The predicted octanol–water partition coefficient (Wildman–Crippen LogP) is 0.605. The predicted molar refractivity (Wildman–Crippen MR) is 83.3 cm³/mol. The molecule has 3 aliphatic rings. The van der Waals surface area contributed by atoms with Gasteiger partial charge in [-0.3, -0.25) is 4.79 Å². The number of methoxy groups -OCH3 is 1. The van der Waals surface area contributed by atoms with Crippen LogP contribution in [0.4, 0.5) is 5.82 Å². The van der Waals surface area contributed by atoms with Gasteiger partial charge in [0, 0.05) is 37.7 Å². The molecule has 0 bridgehead atoms. The third-order valence-electron chi connectivity index (χ3n) is 5.02. The lowest BCUT2D eigenvalue weighted by Gasteiger charge is -2.39. The minimum atomic E-state index is -0.0437. The van der Waals surface area contributed by atoms with E-state index in [0.717, 1.165) is 38.2 Å². The van der Waals surface area contributed by atoms with E-state index >= 15 is 0 Å². The largest absolute Gasteiger partial charge is 0.481 e. The molecule has 3 atom stereocenters. The monoisotopic (exact) mass is 318 g/mol. The maximum absolute atomic E-state index is 12.6. The molecule has 1 amide bonds. The van der Waals surface area contributed by atoms with Crippen molar-refractivity contribution >= 4 is 11.7 Å². The van der Waals surface area contributed by atoms with Crippen LogP contribution in [0.1, 0.15) is 19.3 Å². The van der Waals surface area contributed by atoms with Crippen molar-refractivity contribution in [1.82, 2.24) is 15.3 Å². The highest BCUT2D eigenvalue weighted by Crippen LogP contribution is 2.36. The van der Waals surface area contributed by atoms with Crippen LogP contribution in [0.15, 0.2) is 12.4 Å². The summed E-state index contributed by atoms with van der Waals surface area (Å²) in [6.45, 7) is 2.17. The SMILES string of the molecule is COc1cc(N2C[C@H]3OCC[C@H]3[C@H](C(=O)NC3CC3)C2)ncn1. The molecule has 23 heavy (non-hydrogen) atoms. The maximum Gasteiger partial charge on any atom is 0.225 e. The van der Waals surface area contributed by atoms with Crippen molar-refractivity contribution < 1.29 is 14.3 Å². The van der Waals surface area contributed by atoms with Crippen molar-refractivity contribution in [2.45, 2.75) is 31.4 Å². The summed E-state index contributed by atoms with van der Waals surface area (Å²) < 4.78 is 11.0. The average Bonchev–Trinajstić information content (AvgIpc) is 3.26. The van der Waals surface area contributed by atoms with Crippen molar-refractivity contribution in [2.75, 3.05) is 31.7 Å². The van der Waals surface area contributed by atoms with Gasteiger partial charge in [-0.25, -0.2) is 9.97 Å². The molecule has 0 radical (unpaired) electrons. The number of fused-ring (bicyclic) bond motifs is 1. The molecular weight excluding hydrogens is 296 g/mol. The van der Waals surface area contributed by atoms with Crippen LogP contribution >= 0.6 is 0 Å². The van der Waals surface area contributed by atoms with Gasteiger partial charge in [0.25, 0.3) is 0 Å². The lowest BCUT2D eigenvalue weighted by Crippen LogP contribution is -2.53. The van der Waals surface area contributed by atoms with E-state index in [4.69, 9.17) is 9.47 Å². The van der Waals surface area contributed by atoms with Crippen LogP contribution in [-0.4, -0.2) is 54.8 Å². The van der Waals surface area contributed by atoms with Crippen LogP contribution in [0, 0.1) is 11.8 Å². The Morgan fingerprint density at radius 1 is 1.35 bits per heavy atom. The van der Waals surface area contributed by atoms with Crippen molar-refractivity contribution in [1.29, 1.82) is 0 Å². The Kier molecular flexibility index (Phi) is 3.80. The van der Waals surface area contributed by atoms with E-state index in [0.29, 0.717) is 24.4 Å². The van der Waals surface area contributed by atoms with Crippen LogP contribution in [0.2, 0.25) is 0 Å². The minimum absolute atomic E-state index is 0.0437. The Balaban J connectivity index is 1.55. The molecule has 1 aromatic rings. The highest BCUT2D eigenvalue weighted by molar-refractivity contribution is 5.80. The molecule has 0 unspecified atom stereocenters. The number of anilines is 1. The number of rotatable bonds is 4. The first kappa shape index (κ1) is 14.7. The highest BCUT2D eigenvalue weighted by Gasteiger charge is 2.45. The zero-order valence-electron chi connectivity index (χ0n) is 13.3. The molecule has 124 valence electrons. The second kappa shape index (κ2) is 5.96. The summed E-state index contributed by atoms with van der Waals surface area (Å²) in [5.41, 5.74) is 0. The molecule has 0 spiro atoms. The van der Waals surface area contributed by atoms with Gasteiger partial charge in [-0.1, -0.05) is 0 Å². The van der Waals surface area contributed by atoms with Crippen LogP contribution in [-0.2, 0) is 9.53 Å². The van der Waals surface area contributed by atoms with Gasteiger partial charge in [0.15, 0.2) is 0 Å². The third kappa shape index (κ3) is 2.97. The molecule has 3 fully saturated rings. The molecule has 1 aromatic heterocycles. The number of hydrogen-bond acceptors (Lipinski definition) is 6. The van der Waals surface area contributed by atoms with Crippen LogP contribution < -0.4 is 15.0 Å². The van der Waals surface area contributed by atoms with E-state index in [-0.39, 0.29) is 17.9 Å². The van der Waals surface area contributed by atoms with Gasteiger partial charge in [0.05, 0.1) is 19.1 Å². The lowest BCUT2D eigenvalue weighted by molar-refractivity contribution is -0.128. The zero-order chi connectivity index (χ0) is 15.8. The second-order valence-electron chi connectivity index (χ2n) is 6.57. The first-order chi connectivity index (χ1) is 11.2. The topological polar surface area (TPSA) is 76.6 Å². The summed E-state index contributed by atoms with van der Waals surface area (Å²) in [7, 11) is 1.59. The van der Waals surface area contributed by atoms with Crippen LogP contribution in [0.3, 0.4) is 0 Å². The Morgan fingerprint density at radius 2 is 2.22 bits per heavy atom. The summed E-state index contributed by atoms with van der Waals surface area (Å²) in [5, 5.41) is 3.15. The van der Waals surface area contributed by atoms with E-state index in [1.807, 2.05) is 6.07 Å². The Labute approximate surface area is 135 Å². The zero-order valence-corrected chi connectivity index (χ0v) is 13.3. The summed E-state index contributed by atoms with van der Waals surface area (Å²) in [4.78, 5) is 23.1. The normalized spacial score (nSPS) is 30.0.